The highest BCUT2D eigenvalue weighted by molar-refractivity contribution is 7.11. The van der Waals surface area contributed by atoms with Gasteiger partial charge in [0.1, 0.15) is 0 Å². The lowest BCUT2D eigenvalue weighted by Gasteiger charge is -2.24. The molecule has 0 aliphatic rings. The van der Waals surface area contributed by atoms with Crippen LogP contribution in [0, 0.1) is 5.41 Å². The van der Waals surface area contributed by atoms with Gasteiger partial charge in [-0.05, 0) is 31.9 Å². The van der Waals surface area contributed by atoms with Gasteiger partial charge in [0, 0.05) is 16.3 Å². The molecule has 3 nitrogen and oxygen atoms in total. The fraction of sp³-hybridized carbons (Fsp3) is 0.615. The molecule has 0 fully saturated rings. The third kappa shape index (κ3) is 3.54. The van der Waals surface area contributed by atoms with Gasteiger partial charge < -0.3 is 11.1 Å². The average molecular weight is 254 g/mol. The lowest BCUT2D eigenvalue weighted by Crippen LogP contribution is -2.43. The van der Waals surface area contributed by atoms with Crippen molar-refractivity contribution in [1.29, 1.82) is 0 Å². The molecule has 17 heavy (non-hydrogen) atoms. The van der Waals surface area contributed by atoms with Crippen LogP contribution < -0.4 is 11.1 Å². The Hall–Kier alpha value is -0.870. The minimum absolute atomic E-state index is 0.0500. The van der Waals surface area contributed by atoms with E-state index in [1.54, 1.807) is 11.3 Å². The maximum atomic E-state index is 12.0. The predicted octanol–water partition coefficient (Wildman–Crippen LogP) is 2.30. The van der Waals surface area contributed by atoms with Crippen LogP contribution in [0.2, 0.25) is 0 Å². The first-order valence-electron chi connectivity index (χ1n) is 6.11. The third-order valence-electron chi connectivity index (χ3n) is 3.27. The molecule has 1 amide bonds. The highest BCUT2D eigenvalue weighted by atomic mass is 32.1. The molecule has 1 rings (SSSR count). The van der Waals surface area contributed by atoms with Crippen molar-refractivity contribution in [1.82, 2.24) is 5.32 Å². The van der Waals surface area contributed by atoms with Gasteiger partial charge in [0.25, 0.3) is 0 Å². The molecular weight excluding hydrogens is 232 g/mol. The van der Waals surface area contributed by atoms with Crippen molar-refractivity contribution in [2.24, 2.45) is 11.1 Å². The van der Waals surface area contributed by atoms with Crippen molar-refractivity contribution in [3.05, 3.63) is 21.9 Å². The van der Waals surface area contributed by atoms with E-state index in [4.69, 9.17) is 5.73 Å². The van der Waals surface area contributed by atoms with Crippen LogP contribution in [0.25, 0.3) is 0 Å². The minimum atomic E-state index is -0.440. The highest BCUT2D eigenvalue weighted by Crippen LogP contribution is 2.20. The summed E-state index contributed by atoms with van der Waals surface area (Å²) in [5, 5.41) is 2.97. The molecule has 0 bridgehead atoms. The van der Waals surface area contributed by atoms with E-state index in [1.165, 1.54) is 9.75 Å². The molecule has 96 valence electrons. The SMILES string of the molecule is CCc1ccc(CNC(=O)C(C)(CC)CN)s1. The molecule has 0 aromatic carbocycles. The number of rotatable bonds is 6. The van der Waals surface area contributed by atoms with Crippen LogP contribution in [0.5, 0.6) is 0 Å². The number of nitrogens with one attached hydrogen (secondary N) is 1. The van der Waals surface area contributed by atoms with Crippen LogP contribution in [-0.2, 0) is 17.8 Å². The van der Waals surface area contributed by atoms with Gasteiger partial charge in [-0.1, -0.05) is 13.8 Å². The van der Waals surface area contributed by atoms with Gasteiger partial charge >= 0.3 is 0 Å². The van der Waals surface area contributed by atoms with Gasteiger partial charge in [-0.15, -0.1) is 11.3 Å². The number of carbonyl (C=O) groups excluding carboxylic acids is 1. The quantitative estimate of drug-likeness (QED) is 0.818. The van der Waals surface area contributed by atoms with E-state index in [1.807, 2.05) is 13.8 Å². The number of nitrogens with two attached hydrogens (primary N) is 1. The highest BCUT2D eigenvalue weighted by Gasteiger charge is 2.29. The normalized spacial score (nSPS) is 14.4. The van der Waals surface area contributed by atoms with Crippen molar-refractivity contribution in [2.45, 2.75) is 40.2 Å². The molecule has 1 heterocycles. The summed E-state index contributed by atoms with van der Waals surface area (Å²) in [6, 6.07) is 4.20. The lowest BCUT2D eigenvalue weighted by atomic mass is 9.87. The summed E-state index contributed by atoms with van der Waals surface area (Å²) in [5.74, 6) is 0.0500. The Balaban J connectivity index is 2.53. The Morgan fingerprint density at radius 1 is 1.41 bits per heavy atom. The summed E-state index contributed by atoms with van der Waals surface area (Å²) in [6.07, 6.45) is 1.81. The summed E-state index contributed by atoms with van der Waals surface area (Å²) in [7, 11) is 0. The molecule has 1 unspecified atom stereocenters. The van der Waals surface area contributed by atoms with E-state index in [0.717, 1.165) is 12.8 Å². The average Bonchev–Trinajstić information content (AvgIpc) is 2.82. The van der Waals surface area contributed by atoms with Crippen LogP contribution in [0.3, 0.4) is 0 Å². The molecule has 0 saturated heterocycles. The largest absolute Gasteiger partial charge is 0.351 e. The van der Waals surface area contributed by atoms with E-state index in [9.17, 15) is 4.79 Å². The first-order chi connectivity index (χ1) is 8.05. The Kier molecular flexibility index (Phi) is 5.15. The standard InChI is InChI=1S/C13H22N2OS/c1-4-10-6-7-11(17-10)8-15-12(16)13(3,5-2)9-14/h6-7H,4-5,8-9,14H2,1-3H3,(H,15,16). The smallest absolute Gasteiger partial charge is 0.227 e. The fourth-order valence-corrected chi connectivity index (χ4v) is 2.38. The van der Waals surface area contributed by atoms with E-state index in [0.29, 0.717) is 13.1 Å². The number of amides is 1. The van der Waals surface area contributed by atoms with E-state index in [2.05, 4.69) is 24.4 Å². The van der Waals surface area contributed by atoms with Gasteiger partial charge in [0.15, 0.2) is 0 Å². The lowest BCUT2D eigenvalue weighted by molar-refractivity contribution is -0.130. The van der Waals surface area contributed by atoms with E-state index in [-0.39, 0.29) is 5.91 Å². The topological polar surface area (TPSA) is 55.1 Å². The van der Waals surface area contributed by atoms with Gasteiger partial charge in [0.2, 0.25) is 5.91 Å². The molecule has 0 saturated carbocycles. The Labute approximate surface area is 107 Å². The van der Waals surface area contributed by atoms with Crippen molar-refractivity contribution in [2.75, 3.05) is 6.54 Å². The molecule has 0 aliphatic carbocycles. The first kappa shape index (κ1) is 14.2. The number of hydrogen-bond donors (Lipinski definition) is 2. The van der Waals surface area contributed by atoms with Crippen molar-refractivity contribution in [3.63, 3.8) is 0 Å². The van der Waals surface area contributed by atoms with Crippen LogP contribution in [0.1, 0.15) is 36.9 Å². The van der Waals surface area contributed by atoms with E-state index >= 15 is 0 Å². The monoisotopic (exact) mass is 254 g/mol. The second kappa shape index (κ2) is 6.17. The number of carbonyl (C=O) groups is 1. The Morgan fingerprint density at radius 3 is 2.53 bits per heavy atom. The zero-order chi connectivity index (χ0) is 12.9. The zero-order valence-corrected chi connectivity index (χ0v) is 11.7. The maximum Gasteiger partial charge on any atom is 0.227 e. The number of aryl methyl sites for hydroxylation is 1. The van der Waals surface area contributed by atoms with Crippen LogP contribution in [0.15, 0.2) is 12.1 Å². The molecule has 0 aliphatic heterocycles. The zero-order valence-electron chi connectivity index (χ0n) is 10.9. The van der Waals surface area contributed by atoms with Crippen molar-refractivity contribution >= 4 is 17.2 Å². The third-order valence-corrected chi connectivity index (χ3v) is 4.50. The van der Waals surface area contributed by atoms with Crippen LogP contribution >= 0.6 is 11.3 Å². The van der Waals surface area contributed by atoms with Gasteiger partial charge in [-0.25, -0.2) is 0 Å². The van der Waals surface area contributed by atoms with Crippen LogP contribution in [-0.4, -0.2) is 12.5 Å². The predicted molar refractivity (Wildman–Crippen MR) is 73.0 cm³/mol. The summed E-state index contributed by atoms with van der Waals surface area (Å²) in [4.78, 5) is 14.5. The summed E-state index contributed by atoms with van der Waals surface area (Å²) >= 11 is 1.75. The number of hydrogen-bond acceptors (Lipinski definition) is 3. The maximum absolute atomic E-state index is 12.0. The Bertz CT molecular complexity index is 369. The minimum Gasteiger partial charge on any atom is -0.351 e. The molecule has 0 radical (unpaired) electrons. The molecule has 1 aromatic heterocycles. The van der Waals surface area contributed by atoms with Crippen LogP contribution in [0.4, 0.5) is 0 Å². The molecule has 4 heteroatoms. The molecule has 1 atom stereocenters. The first-order valence-corrected chi connectivity index (χ1v) is 6.93. The van der Waals surface area contributed by atoms with Gasteiger partial charge in [-0.2, -0.15) is 0 Å². The van der Waals surface area contributed by atoms with E-state index < -0.39 is 5.41 Å². The second-order valence-corrected chi connectivity index (χ2v) is 5.78. The van der Waals surface area contributed by atoms with Crippen molar-refractivity contribution in [3.8, 4) is 0 Å². The number of thiophene rings is 1. The summed E-state index contributed by atoms with van der Waals surface area (Å²) < 4.78 is 0. The van der Waals surface area contributed by atoms with Crippen molar-refractivity contribution < 1.29 is 4.79 Å². The molecule has 3 N–H and O–H groups in total. The van der Waals surface area contributed by atoms with Gasteiger partial charge in [-0.3, -0.25) is 4.79 Å². The molecule has 0 spiro atoms. The van der Waals surface area contributed by atoms with Gasteiger partial charge in [0.05, 0.1) is 12.0 Å². The molecule has 1 aromatic rings. The molecular formula is C13H22N2OS. The second-order valence-electron chi connectivity index (χ2n) is 4.52. The fourth-order valence-electron chi connectivity index (χ4n) is 1.49. The summed E-state index contributed by atoms with van der Waals surface area (Å²) in [5.41, 5.74) is 5.22. The summed E-state index contributed by atoms with van der Waals surface area (Å²) in [6.45, 7) is 7.04. The Morgan fingerprint density at radius 2 is 2.06 bits per heavy atom.